The molecule has 0 unspecified atom stereocenters. The number of carbonyl (C=O) groups is 1. The van der Waals surface area contributed by atoms with E-state index in [9.17, 15) is 9.18 Å². The SMILES string of the molecule is CCc1ccc(OCC(=O)O)c(-c2cc(-c3ccc(F)cc3)n(CC(C)C)n2)c1. The van der Waals surface area contributed by atoms with E-state index in [-0.39, 0.29) is 5.82 Å². The molecule has 0 aliphatic rings. The highest BCUT2D eigenvalue weighted by Crippen LogP contribution is 2.34. The Hall–Kier alpha value is -3.15. The molecule has 0 radical (unpaired) electrons. The molecule has 152 valence electrons. The first-order chi connectivity index (χ1) is 13.9. The lowest BCUT2D eigenvalue weighted by molar-refractivity contribution is -0.139. The highest BCUT2D eigenvalue weighted by molar-refractivity contribution is 5.74. The quantitative estimate of drug-likeness (QED) is 0.579. The van der Waals surface area contributed by atoms with Gasteiger partial charge in [0.25, 0.3) is 0 Å². The minimum Gasteiger partial charge on any atom is -0.481 e. The van der Waals surface area contributed by atoms with E-state index in [0.717, 1.165) is 28.8 Å². The number of ether oxygens (including phenoxy) is 1. The molecule has 0 atom stereocenters. The van der Waals surface area contributed by atoms with Crippen LogP contribution in [0.5, 0.6) is 5.75 Å². The third-order valence-electron chi connectivity index (χ3n) is 4.54. The summed E-state index contributed by atoms with van der Waals surface area (Å²) in [4.78, 5) is 11.0. The van der Waals surface area contributed by atoms with Crippen molar-refractivity contribution in [3.05, 3.63) is 59.9 Å². The predicted molar refractivity (Wildman–Crippen MR) is 110 cm³/mol. The Bertz CT molecular complexity index is 994. The van der Waals surface area contributed by atoms with Gasteiger partial charge in [-0.25, -0.2) is 9.18 Å². The number of nitrogens with zero attached hydrogens (tertiary/aromatic N) is 2. The predicted octanol–water partition coefficient (Wildman–Crippen LogP) is 5.04. The fraction of sp³-hybridized carbons (Fsp3) is 0.304. The van der Waals surface area contributed by atoms with Crippen LogP contribution in [0.2, 0.25) is 0 Å². The lowest BCUT2D eigenvalue weighted by Gasteiger charge is -2.11. The molecule has 3 aromatic rings. The fourth-order valence-corrected chi connectivity index (χ4v) is 3.15. The monoisotopic (exact) mass is 396 g/mol. The van der Waals surface area contributed by atoms with Crippen molar-refractivity contribution in [2.75, 3.05) is 6.61 Å². The minimum absolute atomic E-state index is 0.288. The van der Waals surface area contributed by atoms with Gasteiger partial charge in [-0.2, -0.15) is 5.10 Å². The highest BCUT2D eigenvalue weighted by Gasteiger charge is 2.17. The van der Waals surface area contributed by atoms with Gasteiger partial charge in [0.05, 0.1) is 11.4 Å². The number of benzene rings is 2. The van der Waals surface area contributed by atoms with Crippen molar-refractivity contribution in [2.24, 2.45) is 5.92 Å². The van der Waals surface area contributed by atoms with E-state index >= 15 is 0 Å². The topological polar surface area (TPSA) is 64.3 Å². The van der Waals surface area contributed by atoms with E-state index in [2.05, 4.69) is 20.8 Å². The van der Waals surface area contributed by atoms with Crippen LogP contribution in [0.15, 0.2) is 48.5 Å². The third kappa shape index (κ3) is 5.02. The summed E-state index contributed by atoms with van der Waals surface area (Å²) in [6, 6.07) is 14.0. The Morgan fingerprint density at radius 3 is 2.52 bits per heavy atom. The number of hydrogen-bond donors (Lipinski definition) is 1. The lowest BCUT2D eigenvalue weighted by Crippen LogP contribution is -2.10. The number of carboxylic acids is 1. The van der Waals surface area contributed by atoms with Crippen LogP contribution < -0.4 is 4.74 Å². The zero-order valence-electron chi connectivity index (χ0n) is 16.9. The van der Waals surface area contributed by atoms with Gasteiger partial charge in [-0.1, -0.05) is 26.8 Å². The van der Waals surface area contributed by atoms with Crippen LogP contribution in [0, 0.1) is 11.7 Å². The Morgan fingerprint density at radius 1 is 1.17 bits per heavy atom. The standard InChI is InChI=1S/C23H25FN2O3/c1-4-16-5-10-22(29-14-23(27)28)19(11-16)20-12-21(26(25-20)13-15(2)3)17-6-8-18(24)9-7-17/h5-12,15H,4,13-14H2,1-3H3,(H,27,28). The second-order valence-corrected chi connectivity index (χ2v) is 7.36. The van der Waals surface area contributed by atoms with E-state index in [4.69, 9.17) is 14.9 Å². The van der Waals surface area contributed by atoms with Gasteiger partial charge in [0.1, 0.15) is 11.6 Å². The highest BCUT2D eigenvalue weighted by atomic mass is 19.1. The van der Waals surface area contributed by atoms with Crippen molar-refractivity contribution < 1.29 is 19.0 Å². The molecule has 0 spiro atoms. The van der Waals surface area contributed by atoms with Crippen LogP contribution in [0.3, 0.4) is 0 Å². The van der Waals surface area contributed by atoms with Crippen LogP contribution in [0.1, 0.15) is 26.3 Å². The molecule has 6 heteroatoms. The van der Waals surface area contributed by atoms with E-state index < -0.39 is 12.6 Å². The average molecular weight is 396 g/mol. The minimum atomic E-state index is -1.03. The van der Waals surface area contributed by atoms with Crippen molar-refractivity contribution in [3.8, 4) is 28.3 Å². The molecule has 2 aromatic carbocycles. The molecule has 1 heterocycles. The zero-order chi connectivity index (χ0) is 21.0. The molecule has 3 rings (SSSR count). The number of aryl methyl sites for hydroxylation is 1. The number of rotatable bonds is 8. The first-order valence-electron chi connectivity index (χ1n) is 9.69. The summed E-state index contributed by atoms with van der Waals surface area (Å²) in [6.07, 6.45) is 0.837. The molecule has 0 aliphatic heterocycles. The van der Waals surface area contributed by atoms with Gasteiger partial charge in [-0.3, -0.25) is 4.68 Å². The van der Waals surface area contributed by atoms with Gasteiger partial charge in [0.15, 0.2) is 6.61 Å². The number of aliphatic carboxylic acids is 1. The first-order valence-corrected chi connectivity index (χ1v) is 9.69. The average Bonchev–Trinajstić information content (AvgIpc) is 3.09. The molecule has 0 saturated carbocycles. The third-order valence-corrected chi connectivity index (χ3v) is 4.54. The Morgan fingerprint density at radius 2 is 1.90 bits per heavy atom. The Kier molecular flexibility index (Phi) is 6.32. The van der Waals surface area contributed by atoms with Crippen molar-refractivity contribution in [1.82, 2.24) is 9.78 Å². The number of hydrogen-bond acceptors (Lipinski definition) is 3. The molecule has 1 N–H and O–H groups in total. The van der Waals surface area contributed by atoms with Crippen LogP contribution in [-0.2, 0) is 17.8 Å². The van der Waals surface area contributed by atoms with Gasteiger partial charge < -0.3 is 9.84 Å². The largest absolute Gasteiger partial charge is 0.481 e. The summed E-state index contributed by atoms with van der Waals surface area (Å²) >= 11 is 0. The summed E-state index contributed by atoms with van der Waals surface area (Å²) in [6.45, 7) is 6.55. The normalized spacial score (nSPS) is 11.1. The second-order valence-electron chi connectivity index (χ2n) is 7.36. The number of carboxylic acid groups (broad SMARTS) is 1. The van der Waals surface area contributed by atoms with E-state index in [1.807, 2.05) is 22.9 Å². The maximum atomic E-state index is 13.4. The van der Waals surface area contributed by atoms with E-state index in [1.54, 1.807) is 18.2 Å². The van der Waals surface area contributed by atoms with E-state index in [1.165, 1.54) is 12.1 Å². The van der Waals surface area contributed by atoms with Gasteiger partial charge in [-0.05, 0) is 60.4 Å². The van der Waals surface area contributed by atoms with Crippen LogP contribution in [0.4, 0.5) is 4.39 Å². The van der Waals surface area contributed by atoms with Crippen molar-refractivity contribution >= 4 is 5.97 Å². The molecule has 0 aliphatic carbocycles. The molecule has 1 aromatic heterocycles. The maximum absolute atomic E-state index is 13.4. The second kappa shape index (κ2) is 8.90. The Labute approximate surface area is 169 Å². The molecular weight excluding hydrogens is 371 g/mol. The van der Waals surface area contributed by atoms with Crippen molar-refractivity contribution in [2.45, 2.75) is 33.7 Å². The summed E-state index contributed by atoms with van der Waals surface area (Å²) in [5.74, 6) is -0.479. The van der Waals surface area contributed by atoms with Gasteiger partial charge in [0.2, 0.25) is 0 Å². The van der Waals surface area contributed by atoms with Crippen LogP contribution in [-0.4, -0.2) is 27.5 Å². The number of halogens is 1. The van der Waals surface area contributed by atoms with Crippen molar-refractivity contribution in [1.29, 1.82) is 0 Å². The van der Waals surface area contributed by atoms with E-state index in [0.29, 0.717) is 23.9 Å². The number of aromatic nitrogens is 2. The van der Waals surface area contributed by atoms with Crippen LogP contribution in [0.25, 0.3) is 22.5 Å². The molecule has 0 saturated heterocycles. The zero-order valence-corrected chi connectivity index (χ0v) is 16.9. The fourth-order valence-electron chi connectivity index (χ4n) is 3.15. The molecule has 5 nitrogen and oxygen atoms in total. The first kappa shape index (κ1) is 20.6. The molecular formula is C23H25FN2O3. The lowest BCUT2D eigenvalue weighted by atomic mass is 10.0. The molecule has 0 bridgehead atoms. The van der Waals surface area contributed by atoms with Gasteiger partial charge in [-0.15, -0.1) is 0 Å². The summed E-state index contributed by atoms with van der Waals surface area (Å²) in [5.41, 5.74) is 4.28. The van der Waals surface area contributed by atoms with Gasteiger partial charge in [0, 0.05) is 17.7 Å². The van der Waals surface area contributed by atoms with Crippen LogP contribution >= 0.6 is 0 Å². The summed E-state index contributed by atoms with van der Waals surface area (Å²) in [7, 11) is 0. The maximum Gasteiger partial charge on any atom is 0.341 e. The summed E-state index contributed by atoms with van der Waals surface area (Å²) < 4.78 is 20.8. The molecule has 0 amide bonds. The smallest absolute Gasteiger partial charge is 0.341 e. The van der Waals surface area contributed by atoms with Crippen molar-refractivity contribution in [3.63, 3.8) is 0 Å². The molecule has 0 fully saturated rings. The Balaban J connectivity index is 2.10. The van der Waals surface area contributed by atoms with Gasteiger partial charge >= 0.3 is 5.97 Å². The summed E-state index contributed by atoms with van der Waals surface area (Å²) in [5, 5.41) is 13.8. The molecule has 29 heavy (non-hydrogen) atoms.